The molecule has 114 valence electrons. The summed E-state index contributed by atoms with van der Waals surface area (Å²) in [4.78, 5) is 12.0. The van der Waals surface area contributed by atoms with Crippen LogP contribution in [0.25, 0.3) is 0 Å². The number of para-hydroxylation sites is 1. The van der Waals surface area contributed by atoms with Gasteiger partial charge in [0.15, 0.2) is 0 Å². The second-order valence-electron chi connectivity index (χ2n) is 6.54. The van der Waals surface area contributed by atoms with Gasteiger partial charge in [-0.1, -0.05) is 30.2 Å². The van der Waals surface area contributed by atoms with Gasteiger partial charge in [0.05, 0.1) is 17.3 Å². The van der Waals surface area contributed by atoms with Crippen molar-refractivity contribution in [2.45, 2.75) is 38.6 Å². The van der Waals surface area contributed by atoms with Crippen LogP contribution in [-0.4, -0.2) is 18.5 Å². The molecule has 0 spiro atoms. The van der Waals surface area contributed by atoms with Gasteiger partial charge in [-0.25, -0.2) is 0 Å². The average molecular weight is 307 g/mol. The monoisotopic (exact) mass is 306 g/mol. The van der Waals surface area contributed by atoms with Gasteiger partial charge in [-0.15, -0.1) is 0 Å². The van der Waals surface area contributed by atoms with E-state index in [2.05, 4.69) is 17.6 Å². The number of hydrogen-bond acceptors (Lipinski definition) is 2. The molecule has 2 saturated carbocycles. The lowest BCUT2D eigenvalue weighted by molar-refractivity contribution is -0.115. The van der Waals surface area contributed by atoms with Crippen LogP contribution in [0.5, 0.6) is 0 Å². The van der Waals surface area contributed by atoms with E-state index in [1.807, 2.05) is 18.2 Å². The Morgan fingerprint density at radius 3 is 2.81 bits per heavy atom. The van der Waals surface area contributed by atoms with Crippen molar-refractivity contribution in [3.05, 3.63) is 29.3 Å². The van der Waals surface area contributed by atoms with Gasteiger partial charge < -0.3 is 10.6 Å². The molecule has 2 aliphatic carbocycles. The van der Waals surface area contributed by atoms with E-state index in [-0.39, 0.29) is 5.91 Å². The van der Waals surface area contributed by atoms with E-state index in [1.165, 1.54) is 25.7 Å². The van der Waals surface area contributed by atoms with Crippen LogP contribution < -0.4 is 10.6 Å². The number of benzene rings is 1. The van der Waals surface area contributed by atoms with Gasteiger partial charge >= 0.3 is 0 Å². The summed E-state index contributed by atoms with van der Waals surface area (Å²) in [5, 5.41) is 6.83. The molecular weight excluding hydrogens is 284 g/mol. The van der Waals surface area contributed by atoms with E-state index in [0.29, 0.717) is 23.3 Å². The van der Waals surface area contributed by atoms with Crippen molar-refractivity contribution in [2.75, 3.05) is 11.9 Å². The quantitative estimate of drug-likeness (QED) is 0.871. The molecule has 0 heterocycles. The normalized spacial score (nSPS) is 28.6. The van der Waals surface area contributed by atoms with Crippen LogP contribution in [0.1, 0.15) is 32.6 Å². The first-order chi connectivity index (χ1) is 10.1. The molecular formula is C17H23ClN2O. The van der Waals surface area contributed by atoms with E-state index >= 15 is 0 Å². The first-order valence-electron chi connectivity index (χ1n) is 7.91. The van der Waals surface area contributed by atoms with Crippen LogP contribution in [0.15, 0.2) is 24.3 Å². The maximum Gasteiger partial charge on any atom is 0.238 e. The first kappa shape index (κ1) is 14.9. The molecule has 4 unspecified atom stereocenters. The fraction of sp³-hybridized carbons (Fsp3) is 0.588. The van der Waals surface area contributed by atoms with Gasteiger partial charge in [0.25, 0.3) is 0 Å². The highest BCUT2D eigenvalue weighted by molar-refractivity contribution is 6.33. The Labute approximate surface area is 131 Å². The molecule has 4 atom stereocenters. The summed E-state index contributed by atoms with van der Waals surface area (Å²) in [6, 6.07) is 7.74. The fourth-order valence-electron chi connectivity index (χ4n) is 4.07. The summed E-state index contributed by atoms with van der Waals surface area (Å²) in [6.07, 6.45) is 5.54. The zero-order valence-corrected chi connectivity index (χ0v) is 13.2. The Morgan fingerprint density at radius 1 is 1.33 bits per heavy atom. The third-order valence-corrected chi connectivity index (χ3v) is 5.50. The topological polar surface area (TPSA) is 41.1 Å². The Kier molecular flexibility index (Phi) is 4.51. The molecule has 4 heteroatoms. The summed E-state index contributed by atoms with van der Waals surface area (Å²) in [5.74, 6) is 2.54. The smallest absolute Gasteiger partial charge is 0.238 e. The molecule has 0 aliphatic heterocycles. The number of hydrogen-bond donors (Lipinski definition) is 2. The molecule has 2 N–H and O–H groups in total. The molecule has 1 amide bonds. The number of rotatable bonds is 5. The Bertz CT molecular complexity index is 519. The highest BCUT2D eigenvalue weighted by Gasteiger charge is 2.41. The van der Waals surface area contributed by atoms with Crippen molar-refractivity contribution in [1.82, 2.24) is 5.32 Å². The molecule has 0 aromatic heterocycles. The third-order valence-electron chi connectivity index (χ3n) is 5.17. The molecule has 2 aliphatic rings. The van der Waals surface area contributed by atoms with Crippen molar-refractivity contribution in [3.8, 4) is 0 Å². The molecule has 0 radical (unpaired) electrons. The van der Waals surface area contributed by atoms with Crippen LogP contribution >= 0.6 is 11.6 Å². The van der Waals surface area contributed by atoms with Crippen molar-refractivity contribution in [2.24, 2.45) is 17.8 Å². The SMILES string of the molecule is CC(NCC(=O)Nc1ccccc1Cl)C1CC2CCC1C2. The summed E-state index contributed by atoms with van der Waals surface area (Å²) >= 11 is 6.04. The number of nitrogens with one attached hydrogen (secondary N) is 2. The van der Waals surface area contributed by atoms with Crippen LogP contribution in [0.2, 0.25) is 5.02 Å². The van der Waals surface area contributed by atoms with Gasteiger partial charge in [-0.2, -0.15) is 0 Å². The van der Waals surface area contributed by atoms with Crippen LogP contribution in [0.4, 0.5) is 5.69 Å². The van der Waals surface area contributed by atoms with Gasteiger partial charge in [-0.3, -0.25) is 4.79 Å². The van der Waals surface area contributed by atoms with E-state index in [1.54, 1.807) is 6.07 Å². The minimum atomic E-state index is -0.0295. The number of halogens is 1. The molecule has 3 nitrogen and oxygen atoms in total. The third kappa shape index (κ3) is 3.41. The molecule has 1 aromatic rings. The summed E-state index contributed by atoms with van der Waals surface area (Å²) in [5.41, 5.74) is 0.679. The molecule has 2 fully saturated rings. The predicted molar refractivity (Wildman–Crippen MR) is 86.5 cm³/mol. The maximum absolute atomic E-state index is 12.0. The van der Waals surface area contributed by atoms with Crippen molar-refractivity contribution >= 4 is 23.2 Å². The highest BCUT2D eigenvalue weighted by atomic mass is 35.5. The zero-order chi connectivity index (χ0) is 14.8. The van der Waals surface area contributed by atoms with Crippen molar-refractivity contribution in [1.29, 1.82) is 0 Å². The van der Waals surface area contributed by atoms with E-state index in [4.69, 9.17) is 11.6 Å². The van der Waals surface area contributed by atoms with Crippen molar-refractivity contribution in [3.63, 3.8) is 0 Å². The number of amides is 1. The highest BCUT2D eigenvalue weighted by Crippen LogP contribution is 2.49. The molecule has 0 saturated heterocycles. The summed E-state index contributed by atoms with van der Waals surface area (Å²) in [6.45, 7) is 2.56. The lowest BCUT2D eigenvalue weighted by atomic mass is 9.84. The number of carbonyl (C=O) groups is 1. The first-order valence-corrected chi connectivity index (χ1v) is 8.29. The second kappa shape index (κ2) is 6.37. The molecule has 3 rings (SSSR count). The Morgan fingerprint density at radius 2 is 2.14 bits per heavy atom. The summed E-state index contributed by atoms with van der Waals surface area (Å²) < 4.78 is 0. The van der Waals surface area contributed by atoms with Crippen LogP contribution in [0, 0.1) is 17.8 Å². The Hall–Kier alpha value is -1.06. The molecule has 1 aromatic carbocycles. The Balaban J connectivity index is 1.46. The number of carbonyl (C=O) groups excluding carboxylic acids is 1. The largest absolute Gasteiger partial charge is 0.324 e. The lowest BCUT2D eigenvalue weighted by Crippen LogP contribution is -2.40. The minimum absolute atomic E-state index is 0.0295. The van der Waals surface area contributed by atoms with Gasteiger partial charge in [0.2, 0.25) is 5.91 Å². The summed E-state index contributed by atoms with van der Waals surface area (Å²) in [7, 11) is 0. The second-order valence-corrected chi connectivity index (χ2v) is 6.94. The van der Waals surface area contributed by atoms with Gasteiger partial charge in [0.1, 0.15) is 0 Å². The van der Waals surface area contributed by atoms with E-state index in [0.717, 1.165) is 17.8 Å². The average Bonchev–Trinajstić information content (AvgIpc) is 3.10. The van der Waals surface area contributed by atoms with Gasteiger partial charge in [0, 0.05) is 6.04 Å². The van der Waals surface area contributed by atoms with Gasteiger partial charge in [-0.05, 0) is 56.1 Å². The standard InChI is InChI=1S/C17H23ClN2O/c1-11(14-9-12-6-7-13(14)8-12)19-10-17(21)20-16-5-3-2-4-15(16)18/h2-5,11-14,19H,6-10H2,1H3,(H,20,21). The predicted octanol–water partition coefficient (Wildman–Crippen LogP) is 3.69. The maximum atomic E-state index is 12.0. The van der Waals surface area contributed by atoms with E-state index in [9.17, 15) is 4.79 Å². The fourth-order valence-corrected chi connectivity index (χ4v) is 4.25. The number of fused-ring (bicyclic) bond motifs is 2. The zero-order valence-electron chi connectivity index (χ0n) is 12.4. The molecule has 21 heavy (non-hydrogen) atoms. The van der Waals surface area contributed by atoms with E-state index < -0.39 is 0 Å². The van der Waals surface area contributed by atoms with Crippen LogP contribution in [-0.2, 0) is 4.79 Å². The lowest BCUT2D eigenvalue weighted by Gasteiger charge is -2.28. The van der Waals surface area contributed by atoms with Crippen molar-refractivity contribution < 1.29 is 4.79 Å². The minimum Gasteiger partial charge on any atom is -0.324 e. The molecule has 2 bridgehead atoms. The van der Waals surface area contributed by atoms with Crippen LogP contribution in [0.3, 0.4) is 0 Å². The number of anilines is 1.